The number of fused-ring (bicyclic) bond motifs is 3. The summed E-state index contributed by atoms with van der Waals surface area (Å²) >= 11 is -3.53. The number of hydrogen-bond donors (Lipinski definition) is 0. The molecule has 0 radical (unpaired) electrons. The van der Waals surface area contributed by atoms with E-state index < -0.39 is 24.2 Å². The minimum atomic E-state index is -3.53. The van der Waals surface area contributed by atoms with Crippen molar-refractivity contribution in [1.29, 1.82) is 0 Å². The summed E-state index contributed by atoms with van der Waals surface area (Å²) in [6, 6.07) is 15.1. The maximum absolute atomic E-state index is 16.9. The zero-order valence-electron chi connectivity index (χ0n) is 30.6. The van der Waals surface area contributed by atoms with Crippen molar-refractivity contribution in [2.45, 2.75) is 182 Å². The fraction of sp³-hybridized carbons (Fsp3) is 0.674. The van der Waals surface area contributed by atoms with E-state index in [1.165, 1.54) is 99.3 Å². The molecule has 0 nitrogen and oxygen atoms in total. The van der Waals surface area contributed by atoms with Gasteiger partial charge >= 0.3 is 262 Å². The van der Waals surface area contributed by atoms with E-state index in [-0.39, 0.29) is 9.26 Å². The third kappa shape index (κ3) is 10.2. The van der Waals surface area contributed by atoms with Crippen LogP contribution in [0.25, 0.3) is 17.0 Å². The Balaban J connectivity index is 2.07. The first kappa shape index (κ1) is 39.3. The summed E-state index contributed by atoms with van der Waals surface area (Å²) in [5.41, 5.74) is 5.66. The van der Waals surface area contributed by atoms with Gasteiger partial charge in [0.05, 0.1) is 0 Å². The predicted octanol–water partition coefficient (Wildman–Crippen LogP) is 15.5. The molecule has 1 aliphatic rings. The van der Waals surface area contributed by atoms with Crippen LogP contribution in [0.5, 0.6) is 0 Å². The average molecular weight is 742 g/mol. The number of benzene rings is 2. The molecule has 0 spiro atoms. The van der Waals surface area contributed by atoms with Gasteiger partial charge in [-0.1, -0.05) is 26.7 Å². The van der Waals surface area contributed by atoms with Gasteiger partial charge in [-0.25, -0.2) is 0 Å². The van der Waals surface area contributed by atoms with Crippen LogP contribution in [0.3, 0.4) is 0 Å². The summed E-state index contributed by atoms with van der Waals surface area (Å²) in [5.74, 6) is -0.508. The van der Waals surface area contributed by atoms with E-state index in [1.807, 2.05) is 6.07 Å². The molecular weight excluding hydrogens is 673 g/mol. The van der Waals surface area contributed by atoms with Crippen molar-refractivity contribution in [2.24, 2.45) is 0 Å². The molecule has 0 bridgehead atoms. The molecule has 0 N–H and O–H groups in total. The Morgan fingerprint density at radius 3 is 1.50 bits per heavy atom. The van der Waals surface area contributed by atoms with E-state index in [9.17, 15) is 0 Å². The van der Waals surface area contributed by atoms with Gasteiger partial charge in [0.15, 0.2) is 0 Å². The number of rotatable bonds is 25. The average Bonchev–Trinajstić information content (AvgIpc) is 3.36. The van der Waals surface area contributed by atoms with Crippen LogP contribution < -0.4 is 0 Å². The van der Waals surface area contributed by atoms with Crippen molar-refractivity contribution in [3.8, 4) is 11.1 Å². The Bertz CT molecular complexity index is 1140. The summed E-state index contributed by atoms with van der Waals surface area (Å²) in [4.78, 5) is 0. The van der Waals surface area contributed by atoms with Crippen molar-refractivity contribution in [3.05, 3.63) is 63.0 Å². The molecule has 0 unspecified atom stereocenters. The zero-order valence-corrected chi connectivity index (χ0v) is 33.4. The van der Waals surface area contributed by atoms with Gasteiger partial charge in [-0.15, -0.1) is 0 Å². The van der Waals surface area contributed by atoms with E-state index in [0.29, 0.717) is 5.56 Å². The van der Waals surface area contributed by atoms with Crippen molar-refractivity contribution < 1.29 is 8.78 Å². The van der Waals surface area contributed by atoms with Crippen molar-refractivity contribution >= 4 is 24.2 Å². The molecule has 2 aromatic carbocycles. The van der Waals surface area contributed by atoms with Crippen LogP contribution in [-0.2, 0) is 5.41 Å². The number of halogens is 2. The van der Waals surface area contributed by atoms with Gasteiger partial charge in [-0.2, -0.15) is 0 Å². The molecule has 0 fully saturated rings. The molecule has 258 valence electrons. The van der Waals surface area contributed by atoms with Crippen LogP contribution in [0, 0.1) is 0 Å². The van der Waals surface area contributed by atoms with Gasteiger partial charge in [0.25, 0.3) is 0 Å². The van der Waals surface area contributed by atoms with Gasteiger partial charge in [-0.3, -0.25) is 0 Å². The van der Waals surface area contributed by atoms with Gasteiger partial charge < -0.3 is 0 Å². The fourth-order valence-electron chi connectivity index (χ4n) is 8.28. The van der Waals surface area contributed by atoms with E-state index >= 15 is 8.78 Å². The number of unbranched alkanes of at least 4 members (excludes halogenated alkanes) is 13. The molecule has 0 atom stereocenters. The van der Waals surface area contributed by atoms with Crippen LogP contribution in [0.4, 0.5) is 8.78 Å². The topological polar surface area (TPSA) is 0 Å². The molecule has 0 aliphatic heterocycles. The normalized spacial score (nSPS) is 14.3. The van der Waals surface area contributed by atoms with Crippen LogP contribution in [0.1, 0.15) is 180 Å². The summed E-state index contributed by atoms with van der Waals surface area (Å²) in [6.07, 6.45) is 23.7. The maximum atomic E-state index is 16.9. The molecule has 0 saturated heterocycles. The summed E-state index contributed by atoms with van der Waals surface area (Å²) in [7, 11) is 0. The third-order valence-corrected chi connectivity index (χ3v) is 25.6. The Kier molecular flexibility index (Phi) is 18.0. The van der Waals surface area contributed by atoms with E-state index in [2.05, 4.69) is 71.0 Å². The van der Waals surface area contributed by atoms with E-state index in [1.54, 1.807) is 0 Å². The standard InChI is InChI=1S/C31H41F2.3C4H9.Sn/c1-3-5-7-9-11-15-21-31(22-16-12-10-8-6-4-2)28-18-14-13-17-26(28)27-20-19-25(23-29(27)31)30(33)24-32;3*1-3-4-2;/h13-14,17-20,23H,3-12,15-16,21-22H2,1-2H3;3*1,3-4H2,2H3;. The summed E-state index contributed by atoms with van der Waals surface area (Å²) in [6.45, 7) is 11.1. The molecule has 0 aromatic heterocycles. The molecule has 1 aliphatic carbocycles. The molecule has 3 heteroatoms. The molecule has 2 aromatic rings. The fourth-order valence-corrected chi connectivity index (χ4v) is 22.9. The second-order valence-corrected chi connectivity index (χ2v) is 27.5. The second kappa shape index (κ2) is 21.0. The molecule has 46 heavy (non-hydrogen) atoms. The van der Waals surface area contributed by atoms with E-state index in [0.717, 1.165) is 64.7 Å². The molecule has 3 rings (SSSR count). The van der Waals surface area contributed by atoms with Gasteiger partial charge in [0, 0.05) is 0 Å². The monoisotopic (exact) mass is 742 g/mol. The second-order valence-electron chi connectivity index (χ2n) is 14.6. The van der Waals surface area contributed by atoms with Crippen molar-refractivity contribution in [3.63, 3.8) is 0 Å². The summed E-state index contributed by atoms with van der Waals surface area (Å²) in [5, 5.41) is 0. The first-order valence-corrected chi connectivity index (χ1v) is 27.2. The van der Waals surface area contributed by atoms with Gasteiger partial charge in [-0.05, 0) is 0 Å². The third-order valence-electron chi connectivity index (χ3n) is 11.1. The predicted molar refractivity (Wildman–Crippen MR) is 203 cm³/mol. The van der Waals surface area contributed by atoms with Crippen LogP contribution in [0.15, 0.2) is 46.3 Å². The Labute approximate surface area is 287 Å². The quantitative estimate of drug-likeness (QED) is 0.0702. The summed E-state index contributed by atoms with van der Waals surface area (Å²) < 4.78 is 36.2. The van der Waals surface area contributed by atoms with Crippen LogP contribution in [-0.4, -0.2) is 18.4 Å². The Morgan fingerprint density at radius 1 is 0.522 bits per heavy atom. The van der Waals surface area contributed by atoms with Crippen molar-refractivity contribution in [2.75, 3.05) is 0 Å². The number of hydrogen-bond acceptors (Lipinski definition) is 0. The molecule has 0 amide bonds. The SMILES string of the molecule is CCCCCCCCC1(CCCCCCCC)c2ccccc2-c2ccc(/C(F)=[C](\F)[Sn]([CH2]CCC)([CH2]CCC)[CH2]CCC)cc21. The zero-order chi connectivity index (χ0) is 33.3. The first-order chi connectivity index (χ1) is 22.4. The molecule has 0 heterocycles. The van der Waals surface area contributed by atoms with Crippen LogP contribution in [0.2, 0.25) is 13.3 Å². The Hall–Kier alpha value is -1.16. The van der Waals surface area contributed by atoms with Crippen LogP contribution >= 0.6 is 0 Å². The Morgan fingerprint density at radius 2 is 0.978 bits per heavy atom. The van der Waals surface area contributed by atoms with Gasteiger partial charge in [0.1, 0.15) is 0 Å². The molecular formula is C43H68F2Sn. The minimum absolute atomic E-state index is 0.110. The van der Waals surface area contributed by atoms with E-state index in [4.69, 9.17) is 0 Å². The van der Waals surface area contributed by atoms with Crippen molar-refractivity contribution in [1.82, 2.24) is 0 Å². The molecule has 0 saturated carbocycles. The first-order valence-electron chi connectivity index (χ1n) is 19.7. The van der Waals surface area contributed by atoms with Gasteiger partial charge in [0.2, 0.25) is 0 Å².